The monoisotopic (exact) mass is 359 g/mol. The molecule has 0 aliphatic rings. The first-order chi connectivity index (χ1) is 10.6. The zero-order valence-corrected chi connectivity index (χ0v) is 13.7. The summed E-state index contributed by atoms with van der Waals surface area (Å²) in [5.74, 6) is 1.07. The molecule has 0 saturated carbocycles. The summed E-state index contributed by atoms with van der Waals surface area (Å²) in [7, 11) is 1.51. The van der Waals surface area contributed by atoms with Crippen LogP contribution in [0, 0.1) is 6.92 Å². The molecule has 3 aromatic rings. The van der Waals surface area contributed by atoms with E-state index in [0.717, 1.165) is 21.1 Å². The number of nitrogens with one attached hydrogen (secondary N) is 1. The van der Waals surface area contributed by atoms with Gasteiger partial charge in [0.15, 0.2) is 11.5 Å². The number of phenols is 1. The van der Waals surface area contributed by atoms with Crippen LogP contribution in [-0.4, -0.2) is 22.2 Å². The molecule has 0 radical (unpaired) electrons. The molecule has 0 atom stereocenters. The van der Waals surface area contributed by atoms with Crippen LogP contribution in [0.1, 0.15) is 5.56 Å². The van der Waals surface area contributed by atoms with Crippen LogP contribution in [0.15, 0.2) is 41.1 Å². The highest BCUT2D eigenvalue weighted by Gasteiger charge is 2.10. The summed E-state index contributed by atoms with van der Waals surface area (Å²) in [6.07, 6.45) is 1.48. The first-order valence-corrected chi connectivity index (χ1v) is 7.42. The van der Waals surface area contributed by atoms with E-state index in [-0.39, 0.29) is 5.75 Å². The second-order valence-corrected chi connectivity index (χ2v) is 5.71. The van der Waals surface area contributed by atoms with Crippen LogP contribution in [0.3, 0.4) is 0 Å². The van der Waals surface area contributed by atoms with Crippen LogP contribution in [0.5, 0.6) is 11.5 Å². The Morgan fingerprint density at radius 2 is 2.00 bits per heavy atom. The van der Waals surface area contributed by atoms with Gasteiger partial charge in [0, 0.05) is 21.6 Å². The number of aryl methyl sites for hydroxylation is 1. The van der Waals surface area contributed by atoms with Gasteiger partial charge in [0.2, 0.25) is 0 Å². The molecule has 0 amide bonds. The minimum atomic E-state index is 0.0554. The number of anilines is 2. The van der Waals surface area contributed by atoms with Crippen molar-refractivity contribution in [2.45, 2.75) is 6.92 Å². The molecule has 1 aromatic heterocycles. The van der Waals surface area contributed by atoms with Crippen molar-refractivity contribution < 1.29 is 9.84 Å². The second-order valence-electron chi connectivity index (χ2n) is 4.85. The predicted molar refractivity (Wildman–Crippen MR) is 89.9 cm³/mol. The van der Waals surface area contributed by atoms with E-state index in [1.807, 2.05) is 25.1 Å². The average molecular weight is 360 g/mol. The number of hydrogen-bond acceptors (Lipinski definition) is 5. The standard InChI is InChI=1S/C16H14BrN3O2/c1-9-5-10(3-4-12(9)17)20-16-11-6-14(21)15(22-2)7-13(11)18-8-19-16/h3-8,21H,1-2H3,(H,18,19,20). The van der Waals surface area contributed by atoms with Crippen LogP contribution < -0.4 is 10.1 Å². The van der Waals surface area contributed by atoms with Crippen LogP contribution in [0.4, 0.5) is 11.5 Å². The van der Waals surface area contributed by atoms with E-state index in [0.29, 0.717) is 17.1 Å². The Kier molecular flexibility index (Phi) is 3.85. The third-order valence-corrected chi connectivity index (χ3v) is 4.25. The van der Waals surface area contributed by atoms with Crippen molar-refractivity contribution >= 4 is 38.3 Å². The Balaban J connectivity index is 2.06. The van der Waals surface area contributed by atoms with Crippen molar-refractivity contribution in [1.29, 1.82) is 0 Å². The summed E-state index contributed by atoms with van der Waals surface area (Å²) < 4.78 is 6.15. The minimum absolute atomic E-state index is 0.0554. The Morgan fingerprint density at radius 3 is 2.73 bits per heavy atom. The SMILES string of the molecule is COc1cc2ncnc(Nc3ccc(Br)c(C)c3)c2cc1O. The molecule has 3 rings (SSSR count). The number of nitrogens with zero attached hydrogens (tertiary/aromatic N) is 2. The van der Waals surface area contributed by atoms with Gasteiger partial charge in [-0.2, -0.15) is 0 Å². The van der Waals surface area contributed by atoms with E-state index in [1.165, 1.54) is 13.4 Å². The van der Waals surface area contributed by atoms with Gasteiger partial charge in [0.25, 0.3) is 0 Å². The Labute approximate surface area is 136 Å². The molecule has 0 aliphatic carbocycles. The number of phenolic OH excluding ortho intramolecular Hbond substituents is 1. The molecule has 0 spiro atoms. The average Bonchev–Trinajstić information content (AvgIpc) is 2.51. The van der Waals surface area contributed by atoms with Crippen LogP contribution in [0.25, 0.3) is 10.9 Å². The normalized spacial score (nSPS) is 10.7. The molecule has 2 N–H and O–H groups in total. The molecule has 1 heterocycles. The zero-order valence-electron chi connectivity index (χ0n) is 12.1. The maximum absolute atomic E-state index is 9.97. The molecule has 0 fully saturated rings. The van der Waals surface area contributed by atoms with E-state index in [2.05, 4.69) is 31.2 Å². The van der Waals surface area contributed by atoms with Crippen molar-refractivity contribution in [3.8, 4) is 11.5 Å². The minimum Gasteiger partial charge on any atom is -0.504 e. The molecule has 6 heteroatoms. The predicted octanol–water partition coefficient (Wildman–Crippen LogP) is 4.16. The van der Waals surface area contributed by atoms with Gasteiger partial charge < -0.3 is 15.2 Å². The largest absolute Gasteiger partial charge is 0.504 e. The van der Waals surface area contributed by atoms with E-state index < -0.39 is 0 Å². The highest BCUT2D eigenvalue weighted by Crippen LogP contribution is 2.33. The molecule has 0 unspecified atom stereocenters. The Bertz CT molecular complexity index is 852. The molecule has 0 aliphatic heterocycles. The fraction of sp³-hybridized carbons (Fsp3) is 0.125. The molecule has 22 heavy (non-hydrogen) atoms. The summed E-state index contributed by atoms with van der Waals surface area (Å²) in [4.78, 5) is 8.48. The number of ether oxygens (including phenoxy) is 1. The summed E-state index contributed by atoms with van der Waals surface area (Å²) in [5.41, 5.74) is 2.73. The first kappa shape index (κ1) is 14.6. The fourth-order valence-corrected chi connectivity index (χ4v) is 2.44. The third-order valence-electron chi connectivity index (χ3n) is 3.36. The van der Waals surface area contributed by atoms with Gasteiger partial charge in [-0.25, -0.2) is 9.97 Å². The van der Waals surface area contributed by atoms with Crippen molar-refractivity contribution in [3.63, 3.8) is 0 Å². The molecule has 2 aromatic carbocycles. The molecule has 5 nitrogen and oxygen atoms in total. The van der Waals surface area contributed by atoms with Crippen molar-refractivity contribution in [2.75, 3.05) is 12.4 Å². The number of benzene rings is 2. The van der Waals surface area contributed by atoms with E-state index in [4.69, 9.17) is 4.74 Å². The van der Waals surface area contributed by atoms with Crippen LogP contribution in [-0.2, 0) is 0 Å². The number of methoxy groups -OCH3 is 1. The summed E-state index contributed by atoms with van der Waals surface area (Å²) >= 11 is 3.48. The number of aromatic hydroxyl groups is 1. The van der Waals surface area contributed by atoms with E-state index in [9.17, 15) is 5.11 Å². The lowest BCUT2D eigenvalue weighted by Gasteiger charge is -2.11. The van der Waals surface area contributed by atoms with Gasteiger partial charge >= 0.3 is 0 Å². The molecule has 112 valence electrons. The number of hydrogen-bond donors (Lipinski definition) is 2. The lowest BCUT2D eigenvalue weighted by atomic mass is 10.2. The zero-order chi connectivity index (χ0) is 15.7. The highest BCUT2D eigenvalue weighted by atomic mass is 79.9. The Hall–Kier alpha value is -2.34. The van der Waals surface area contributed by atoms with Crippen LogP contribution >= 0.6 is 15.9 Å². The van der Waals surface area contributed by atoms with Gasteiger partial charge in [-0.05, 0) is 36.8 Å². The number of rotatable bonds is 3. The third kappa shape index (κ3) is 2.69. The van der Waals surface area contributed by atoms with Crippen molar-refractivity contribution in [1.82, 2.24) is 9.97 Å². The van der Waals surface area contributed by atoms with E-state index in [1.54, 1.807) is 12.1 Å². The molecular formula is C16H14BrN3O2. The number of aromatic nitrogens is 2. The maximum atomic E-state index is 9.97. The summed E-state index contributed by atoms with van der Waals surface area (Å²) in [6, 6.07) is 9.23. The number of fused-ring (bicyclic) bond motifs is 1. The molecule has 0 bridgehead atoms. The lowest BCUT2D eigenvalue weighted by molar-refractivity contribution is 0.374. The molecular weight excluding hydrogens is 346 g/mol. The van der Waals surface area contributed by atoms with Crippen molar-refractivity contribution in [2.24, 2.45) is 0 Å². The topological polar surface area (TPSA) is 67.3 Å². The van der Waals surface area contributed by atoms with Gasteiger partial charge in [-0.1, -0.05) is 15.9 Å². The second kappa shape index (κ2) is 5.81. The smallest absolute Gasteiger partial charge is 0.162 e. The molecule has 0 saturated heterocycles. The lowest BCUT2D eigenvalue weighted by Crippen LogP contribution is -1.97. The van der Waals surface area contributed by atoms with Crippen LogP contribution in [0.2, 0.25) is 0 Å². The first-order valence-electron chi connectivity index (χ1n) is 6.63. The quantitative estimate of drug-likeness (QED) is 0.734. The summed E-state index contributed by atoms with van der Waals surface area (Å²) in [6.45, 7) is 2.02. The fourth-order valence-electron chi connectivity index (χ4n) is 2.19. The highest BCUT2D eigenvalue weighted by molar-refractivity contribution is 9.10. The van der Waals surface area contributed by atoms with Crippen molar-refractivity contribution in [3.05, 3.63) is 46.7 Å². The Morgan fingerprint density at radius 1 is 1.18 bits per heavy atom. The van der Waals surface area contributed by atoms with Gasteiger partial charge in [-0.15, -0.1) is 0 Å². The number of halogens is 1. The maximum Gasteiger partial charge on any atom is 0.162 e. The van der Waals surface area contributed by atoms with Gasteiger partial charge in [-0.3, -0.25) is 0 Å². The van der Waals surface area contributed by atoms with Gasteiger partial charge in [0.1, 0.15) is 12.1 Å². The van der Waals surface area contributed by atoms with E-state index >= 15 is 0 Å². The summed E-state index contributed by atoms with van der Waals surface area (Å²) in [5, 5.41) is 13.9. The van der Waals surface area contributed by atoms with Gasteiger partial charge in [0.05, 0.1) is 12.6 Å².